The quantitative estimate of drug-likeness (QED) is 0.836. The average molecular weight is 303 g/mol. The molecule has 7 heteroatoms. The summed E-state index contributed by atoms with van der Waals surface area (Å²) in [4.78, 5) is -0.0702. The van der Waals surface area contributed by atoms with Gasteiger partial charge in [-0.1, -0.05) is 18.5 Å². The van der Waals surface area contributed by atoms with Crippen molar-refractivity contribution in [2.24, 2.45) is 0 Å². The number of hydrogen-bond donors (Lipinski definition) is 2. The zero-order chi connectivity index (χ0) is 14.5. The van der Waals surface area contributed by atoms with E-state index in [-0.39, 0.29) is 16.5 Å². The minimum absolute atomic E-state index is 0.00240. The fourth-order valence-corrected chi connectivity index (χ4v) is 3.02. The number of aliphatic hydroxyl groups is 1. The van der Waals surface area contributed by atoms with Crippen molar-refractivity contribution in [1.29, 1.82) is 5.26 Å². The van der Waals surface area contributed by atoms with Crippen LogP contribution >= 0.6 is 11.6 Å². The third-order valence-electron chi connectivity index (χ3n) is 2.59. The van der Waals surface area contributed by atoms with Crippen molar-refractivity contribution in [1.82, 2.24) is 4.72 Å². The summed E-state index contributed by atoms with van der Waals surface area (Å²) in [5, 5.41) is 18.0. The minimum atomic E-state index is -3.72. The first kappa shape index (κ1) is 15.9. The van der Waals surface area contributed by atoms with Crippen molar-refractivity contribution >= 4 is 21.6 Å². The molecular weight excluding hydrogens is 288 g/mol. The molecule has 1 aromatic carbocycles. The Morgan fingerprint density at radius 2 is 2.21 bits per heavy atom. The first-order valence-corrected chi connectivity index (χ1v) is 7.64. The highest BCUT2D eigenvalue weighted by Crippen LogP contribution is 2.22. The zero-order valence-corrected chi connectivity index (χ0v) is 12.0. The van der Waals surface area contributed by atoms with E-state index >= 15 is 0 Å². The first-order valence-electron chi connectivity index (χ1n) is 5.78. The van der Waals surface area contributed by atoms with Crippen molar-refractivity contribution in [2.45, 2.75) is 30.8 Å². The molecular formula is C12H15ClN2O3S. The maximum atomic E-state index is 12.0. The van der Waals surface area contributed by atoms with Gasteiger partial charge in [0.25, 0.3) is 0 Å². The fraction of sp³-hybridized carbons (Fsp3) is 0.417. The van der Waals surface area contributed by atoms with E-state index in [1.807, 2.05) is 13.0 Å². The summed E-state index contributed by atoms with van der Waals surface area (Å²) in [5.41, 5.74) is 0.297. The van der Waals surface area contributed by atoms with E-state index in [1.54, 1.807) is 0 Å². The predicted octanol–water partition coefficient (Wildman–Crippen LogP) is 1.65. The molecule has 0 radical (unpaired) electrons. The van der Waals surface area contributed by atoms with Gasteiger partial charge in [-0.25, -0.2) is 13.1 Å². The lowest BCUT2D eigenvalue weighted by Crippen LogP contribution is -2.27. The summed E-state index contributed by atoms with van der Waals surface area (Å²) in [6.07, 6.45) is 0.377. The van der Waals surface area contributed by atoms with Crippen LogP contribution in [0.3, 0.4) is 0 Å². The van der Waals surface area contributed by atoms with Gasteiger partial charge in [0.1, 0.15) is 4.90 Å². The van der Waals surface area contributed by atoms with Crippen molar-refractivity contribution < 1.29 is 13.5 Å². The number of aliphatic hydroxyl groups excluding tert-OH is 1. The van der Waals surface area contributed by atoms with Crippen LogP contribution in [0.25, 0.3) is 0 Å². The molecule has 0 aliphatic heterocycles. The molecule has 0 bridgehead atoms. The third kappa shape index (κ3) is 4.48. The monoisotopic (exact) mass is 302 g/mol. The second-order valence-corrected chi connectivity index (χ2v) is 6.15. The summed E-state index contributed by atoms with van der Waals surface area (Å²) in [5.74, 6) is 0. The van der Waals surface area contributed by atoms with Gasteiger partial charge < -0.3 is 5.11 Å². The molecule has 0 saturated carbocycles. The minimum Gasteiger partial charge on any atom is -0.393 e. The molecule has 5 nitrogen and oxygen atoms in total. The fourth-order valence-electron chi connectivity index (χ4n) is 1.43. The molecule has 1 rings (SSSR count). The van der Waals surface area contributed by atoms with Crippen molar-refractivity contribution in [3.63, 3.8) is 0 Å². The number of nitriles is 1. The molecule has 104 valence electrons. The predicted molar refractivity (Wildman–Crippen MR) is 72.3 cm³/mol. The molecule has 0 amide bonds. The van der Waals surface area contributed by atoms with Gasteiger partial charge >= 0.3 is 0 Å². The Hall–Kier alpha value is -1.13. The summed E-state index contributed by atoms with van der Waals surface area (Å²) in [6, 6.07) is 5.86. The Morgan fingerprint density at radius 3 is 2.74 bits per heavy atom. The number of nitrogens with zero attached hydrogens (tertiary/aromatic N) is 1. The second-order valence-electron chi connectivity index (χ2n) is 4.01. The lowest BCUT2D eigenvalue weighted by Gasteiger charge is -2.10. The van der Waals surface area contributed by atoms with Crippen LogP contribution in [-0.2, 0) is 10.0 Å². The van der Waals surface area contributed by atoms with Crippen LogP contribution in [0.1, 0.15) is 25.3 Å². The van der Waals surface area contributed by atoms with Gasteiger partial charge in [0, 0.05) is 6.54 Å². The van der Waals surface area contributed by atoms with E-state index < -0.39 is 16.1 Å². The smallest absolute Gasteiger partial charge is 0.242 e. The number of nitrogens with one attached hydrogen (secondary N) is 1. The molecule has 0 fully saturated rings. The van der Waals surface area contributed by atoms with Crippen LogP contribution in [-0.4, -0.2) is 26.2 Å². The van der Waals surface area contributed by atoms with E-state index in [9.17, 15) is 13.5 Å². The van der Waals surface area contributed by atoms with Gasteiger partial charge in [-0.05, 0) is 31.0 Å². The third-order valence-corrected chi connectivity index (χ3v) is 4.54. The summed E-state index contributed by atoms with van der Waals surface area (Å²) >= 11 is 5.84. The Labute approximate surface area is 117 Å². The molecule has 2 N–H and O–H groups in total. The Kier molecular flexibility index (Phi) is 5.76. The van der Waals surface area contributed by atoms with E-state index in [0.717, 1.165) is 0 Å². The summed E-state index contributed by atoms with van der Waals surface area (Å²) in [6.45, 7) is 1.95. The Balaban J connectivity index is 2.81. The van der Waals surface area contributed by atoms with Gasteiger partial charge in [-0.2, -0.15) is 5.26 Å². The van der Waals surface area contributed by atoms with Crippen molar-refractivity contribution in [2.75, 3.05) is 6.54 Å². The first-order chi connectivity index (χ1) is 8.90. The molecule has 0 aromatic heterocycles. The largest absolute Gasteiger partial charge is 0.393 e. The van der Waals surface area contributed by atoms with Gasteiger partial charge in [-0.3, -0.25) is 0 Å². The molecule has 0 aliphatic rings. The highest BCUT2D eigenvalue weighted by Gasteiger charge is 2.18. The standard InChI is InChI=1S/C12H15ClN2O3S/c1-2-10(16)5-6-15-19(17,18)12-4-3-9(8-14)7-11(12)13/h3-4,7,10,15-16H,2,5-6H2,1H3. The van der Waals surface area contributed by atoms with E-state index in [2.05, 4.69) is 4.72 Å². The van der Waals surface area contributed by atoms with Gasteiger partial charge in [0.05, 0.1) is 22.8 Å². The number of sulfonamides is 1. The van der Waals surface area contributed by atoms with Crippen LogP contribution in [0.4, 0.5) is 0 Å². The lowest BCUT2D eigenvalue weighted by molar-refractivity contribution is 0.162. The van der Waals surface area contributed by atoms with Crippen molar-refractivity contribution in [3.05, 3.63) is 28.8 Å². The highest BCUT2D eigenvalue weighted by molar-refractivity contribution is 7.89. The average Bonchev–Trinajstić information content (AvgIpc) is 2.37. The maximum absolute atomic E-state index is 12.0. The summed E-state index contributed by atoms with van der Waals surface area (Å²) < 4.78 is 26.3. The number of halogens is 1. The van der Waals surface area contributed by atoms with E-state index in [4.69, 9.17) is 16.9 Å². The molecule has 1 unspecified atom stereocenters. The number of hydrogen-bond acceptors (Lipinski definition) is 4. The SMILES string of the molecule is CCC(O)CCNS(=O)(=O)c1ccc(C#N)cc1Cl. The zero-order valence-electron chi connectivity index (χ0n) is 10.4. The molecule has 1 atom stereocenters. The molecule has 0 heterocycles. The molecule has 0 spiro atoms. The summed E-state index contributed by atoms with van der Waals surface area (Å²) in [7, 11) is -3.72. The van der Waals surface area contributed by atoms with E-state index in [0.29, 0.717) is 18.4 Å². The lowest BCUT2D eigenvalue weighted by atomic mass is 10.2. The van der Waals surface area contributed by atoms with Crippen molar-refractivity contribution in [3.8, 4) is 6.07 Å². The number of rotatable bonds is 6. The van der Waals surface area contributed by atoms with Gasteiger partial charge in [0.2, 0.25) is 10.0 Å². The highest BCUT2D eigenvalue weighted by atomic mass is 35.5. The van der Waals surface area contributed by atoms with Gasteiger partial charge in [-0.15, -0.1) is 0 Å². The van der Waals surface area contributed by atoms with Crippen LogP contribution in [0, 0.1) is 11.3 Å². The van der Waals surface area contributed by atoms with E-state index in [1.165, 1.54) is 18.2 Å². The molecule has 0 aliphatic carbocycles. The van der Waals surface area contributed by atoms with Crippen LogP contribution in [0.2, 0.25) is 5.02 Å². The molecule has 0 saturated heterocycles. The molecule has 1 aromatic rings. The number of benzene rings is 1. The van der Waals surface area contributed by atoms with Crippen LogP contribution in [0.15, 0.2) is 23.1 Å². The normalized spacial score (nSPS) is 12.9. The van der Waals surface area contributed by atoms with Crippen LogP contribution < -0.4 is 4.72 Å². The maximum Gasteiger partial charge on any atom is 0.242 e. The topological polar surface area (TPSA) is 90.2 Å². The second kappa shape index (κ2) is 6.87. The Morgan fingerprint density at radius 1 is 1.53 bits per heavy atom. The molecule has 19 heavy (non-hydrogen) atoms. The van der Waals surface area contributed by atoms with Crippen LogP contribution in [0.5, 0.6) is 0 Å². The van der Waals surface area contributed by atoms with Gasteiger partial charge in [0.15, 0.2) is 0 Å². The Bertz CT molecular complexity index is 581.